The number of rotatable bonds is 9. The van der Waals surface area contributed by atoms with Gasteiger partial charge in [0, 0.05) is 36.2 Å². The summed E-state index contributed by atoms with van der Waals surface area (Å²) in [5.74, 6) is -1.43. The molecule has 10 nitrogen and oxygen atoms in total. The number of pyridine rings is 1. The van der Waals surface area contributed by atoms with Crippen molar-refractivity contribution in [3.8, 4) is 22.7 Å². The maximum atomic E-state index is 15.2. The second-order valence-electron chi connectivity index (χ2n) is 10.2. The minimum absolute atomic E-state index is 0.0553. The van der Waals surface area contributed by atoms with Gasteiger partial charge in [-0.2, -0.15) is 15.0 Å². The Morgan fingerprint density at radius 1 is 1.07 bits per heavy atom. The van der Waals surface area contributed by atoms with E-state index in [0.29, 0.717) is 24.1 Å². The molecular weight excluding hydrogens is 562 g/mol. The highest BCUT2D eigenvalue weighted by Gasteiger charge is 2.22. The third-order valence-corrected chi connectivity index (χ3v) is 8.42. The first kappa shape index (κ1) is 28.0. The monoisotopic (exact) mass is 592 g/mol. The molecule has 0 N–H and O–H groups in total. The van der Waals surface area contributed by atoms with E-state index in [1.807, 2.05) is 16.7 Å². The van der Waals surface area contributed by atoms with E-state index in [-0.39, 0.29) is 41.3 Å². The first-order valence-electron chi connectivity index (χ1n) is 14.0. The van der Waals surface area contributed by atoms with Crippen LogP contribution in [0.2, 0.25) is 0 Å². The van der Waals surface area contributed by atoms with Crippen LogP contribution in [0, 0.1) is 11.6 Å². The summed E-state index contributed by atoms with van der Waals surface area (Å²) in [5, 5.41) is 17.9. The molecule has 4 heterocycles. The predicted molar refractivity (Wildman–Crippen MR) is 152 cm³/mol. The molecule has 218 valence electrons. The van der Waals surface area contributed by atoms with Crippen LogP contribution in [-0.4, -0.2) is 63.9 Å². The van der Waals surface area contributed by atoms with Gasteiger partial charge in [-0.1, -0.05) is 23.9 Å². The number of thioether (sulfide) groups is 1. The molecule has 1 aliphatic carbocycles. The zero-order chi connectivity index (χ0) is 28.9. The van der Waals surface area contributed by atoms with Gasteiger partial charge in [0.05, 0.1) is 18.1 Å². The van der Waals surface area contributed by atoms with Crippen molar-refractivity contribution < 1.29 is 18.3 Å². The minimum Gasteiger partial charge on any atom is -0.482 e. The van der Waals surface area contributed by atoms with Gasteiger partial charge in [-0.3, -0.25) is 14.3 Å². The van der Waals surface area contributed by atoms with E-state index >= 15 is 8.78 Å². The Bertz CT molecular complexity index is 1570. The Hall–Kier alpha value is -4.13. The van der Waals surface area contributed by atoms with Crippen LogP contribution >= 0.6 is 11.8 Å². The molecule has 0 unspecified atom stereocenters. The Morgan fingerprint density at radius 2 is 1.95 bits per heavy atom. The minimum atomic E-state index is -0.764. The summed E-state index contributed by atoms with van der Waals surface area (Å²) in [5.41, 5.74) is 0.792. The number of allylic oxidation sites excluding steroid dienone is 1. The Morgan fingerprint density at radius 3 is 2.74 bits per heavy atom. The fourth-order valence-corrected chi connectivity index (χ4v) is 6.22. The predicted octanol–water partition coefficient (Wildman–Crippen LogP) is 4.99. The molecule has 3 aromatic heterocycles. The number of likely N-dealkylation sites (tertiary alicyclic amines) is 1. The molecule has 13 heteroatoms. The molecule has 2 aliphatic rings. The highest BCUT2D eigenvalue weighted by Crippen LogP contribution is 2.32. The van der Waals surface area contributed by atoms with Crippen molar-refractivity contribution in [2.24, 2.45) is 0 Å². The molecule has 1 fully saturated rings. The number of nitrogens with zero attached hydrogens (tertiary/aromatic N) is 8. The van der Waals surface area contributed by atoms with Crippen LogP contribution in [0.25, 0.3) is 16.9 Å². The molecule has 0 spiro atoms. The highest BCUT2D eigenvalue weighted by atomic mass is 32.2. The van der Waals surface area contributed by atoms with Crippen molar-refractivity contribution in [1.82, 2.24) is 39.6 Å². The van der Waals surface area contributed by atoms with E-state index in [2.05, 4.69) is 37.5 Å². The zero-order valence-corrected chi connectivity index (χ0v) is 23.7. The average Bonchev–Trinajstić information content (AvgIpc) is 3.65. The van der Waals surface area contributed by atoms with Crippen molar-refractivity contribution in [3.63, 3.8) is 0 Å². The van der Waals surface area contributed by atoms with Gasteiger partial charge in [0.1, 0.15) is 24.7 Å². The largest absolute Gasteiger partial charge is 0.482 e. The Labute approximate surface area is 245 Å². The molecule has 0 radical (unpaired) electrons. The lowest BCUT2D eigenvalue weighted by atomic mass is 10.1. The molecule has 1 aliphatic heterocycles. The standard InChI is InChI=1S/C29H30F2N8O2S/c30-23-15-26(24(31)14-22(23)25-17-33-38(36-25)18-28(40)37-12-5-2-6-13-37)41-19-27-34-35-29(42-21-9-3-1-4-10-21)39(27)20-8-7-11-32-16-20/h3,7-9,11,14-17,21H,1-2,4-6,10,12-13,18-19H2/t21-/m0/s1. The maximum absolute atomic E-state index is 15.2. The van der Waals surface area contributed by atoms with Gasteiger partial charge in [0.2, 0.25) is 5.91 Å². The summed E-state index contributed by atoms with van der Waals surface area (Å²) in [4.78, 5) is 19.7. The number of carbonyl (C=O) groups is 1. The zero-order valence-electron chi connectivity index (χ0n) is 22.9. The molecular formula is C29H30F2N8O2S. The van der Waals surface area contributed by atoms with E-state index < -0.39 is 11.6 Å². The van der Waals surface area contributed by atoms with E-state index in [0.717, 1.165) is 56.3 Å². The first-order valence-corrected chi connectivity index (χ1v) is 14.9. The van der Waals surface area contributed by atoms with Crippen molar-refractivity contribution >= 4 is 17.7 Å². The number of ether oxygens (including phenoxy) is 1. The SMILES string of the molecule is O=C(Cn1ncc(-c2cc(F)c(OCc3nnc(S[C@H]4C=CCCC4)n3-c3cccnc3)cc2F)n1)N1CCCCC1. The second-order valence-corrected chi connectivity index (χ2v) is 11.4. The van der Waals surface area contributed by atoms with Crippen LogP contribution in [0.4, 0.5) is 8.78 Å². The van der Waals surface area contributed by atoms with E-state index in [1.54, 1.807) is 29.1 Å². The van der Waals surface area contributed by atoms with Gasteiger partial charge >= 0.3 is 0 Å². The van der Waals surface area contributed by atoms with Crippen molar-refractivity contribution in [3.05, 3.63) is 72.5 Å². The molecule has 1 atom stereocenters. The molecule has 1 aromatic carbocycles. The highest BCUT2D eigenvalue weighted by molar-refractivity contribution is 7.99. The second kappa shape index (κ2) is 12.8. The smallest absolute Gasteiger partial charge is 0.246 e. The summed E-state index contributed by atoms with van der Waals surface area (Å²) in [7, 11) is 0. The van der Waals surface area contributed by atoms with Crippen molar-refractivity contribution in [1.29, 1.82) is 0 Å². The number of benzene rings is 1. The van der Waals surface area contributed by atoms with Gasteiger partial charge in [-0.15, -0.1) is 10.2 Å². The summed E-state index contributed by atoms with van der Waals surface area (Å²) < 4.78 is 37.8. The number of hydrogen-bond donors (Lipinski definition) is 0. The van der Waals surface area contributed by atoms with Crippen LogP contribution in [0.1, 0.15) is 44.3 Å². The maximum Gasteiger partial charge on any atom is 0.246 e. The number of aromatic nitrogens is 7. The van der Waals surface area contributed by atoms with E-state index in [9.17, 15) is 4.79 Å². The summed E-state index contributed by atoms with van der Waals surface area (Å²) in [6.07, 6.45) is 15.3. The average molecular weight is 593 g/mol. The summed E-state index contributed by atoms with van der Waals surface area (Å²) in [6, 6.07) is 5.69. The van der Waals surface area contributed by atoms with Crippen LogP contribution in [0.15, 0.2) is 60.2 Å². The number of amides is 1. The molecule has 0 saturated carbocycles. The lowest BCUT2D eigenvalue weighted by molar-refractivity contribution is -0.133. The summed E-state index contributed by atoms with van der Waals surface area (Å²) >= 11 is 1.59. The first-order chi connectivity index (χ1) is 20.5. The van der Waals surface area contributed by atoms with Crippen LogP contribution in [-0.2, 0) is 17.9 Å². The Balaban J connectivity index is 1.17. The normalized spacial score (nSPS) is 17.0. The number of piperidine rings is 1. The van der Waals surface area contributed by atoms with Gasteiger partial charge < -0.3 is 9.64 Å². The van der Waals surface area contributed by atoms with E-state index in [4.69, 9.17) is 4.74 Å². The fraction of sp³-hybridized carbons (Fsp3) is 0.379. The quantitative estimate of drug-likeness (QED) is 0.251. The molecule has 0 bridgehead atoms. The molecule has 6 rings (SSSR count). The van der Waals surface area contributed by atoms with Crippen LogP contribution in [0.5, 0.6) is 5.75 Å². The van der Waals surface area contributed by atoms with Crippen LogP contribution < -0.4 is 4.74 Å². The Kier molecular flexibility index (Phi) is 8.54. The third-order valence-electron chi connectivity index (χ3n) is 7.25. The topological polar surface area (TPSA) is 104 Å². The lowest BCUT2D eigenvalue weighted by Crippen LogP contribution is -2.38. The molecule has 4 aromatic rings. The molecule has 1 amide bonds. The fourth-order valence-electron chi connectivity index (χ4n) is 5.07. The van der Waals surface area contributed by atoms with Gasteiger partial charge in [-0.25, -0.2) is 8.78 Å². The number of carbonyl (C=O) groups excluding carboxylic acids is 1. The van der Waals surface area contributed by atoms with Crippen molar-refractivity contribution in [2.75, 3.05) is 13.1 Å². The lowest BCUT2D eigenvalue weighted by Gasteiger charge is -2.26. The van der Waals surface area contributed by atoms with E-state index in [1.165, 1.54) is 11.0 Å². The van der Waals surface area contributed by atoms with Crippen molar-refractivity contribution in [2.45, 2.75) is 62.1 Å². The summed E-state index contributed by atoms with van der Waals surface area (Å²) in [6.45, 7) is 1.23. The number of halogens is 2. The van der Waals surface area contributed by atoms with Gasteiger partial charge in [0.25, 0.3) is 0 Å². The van der Waals surface area contributed by atoms with Crippen LogP contribution in [0.3, 0.4) is 0 Å². The molecule has 42 heavy (non-hydrogen) atoms. The molecule has 1 saturated heterocycles. The van der Waals surface area contributed by atoms with Gasteiger partial charge in [-0.05, 0) is 56.7 Å². The number of hydrogen-bond acceptors (Lipinski definition) is 8. The van der Waals surface area contributed by atoms with Gasteiger partial charge in [0.15, 0.2) is 22.5 Å². The third kappa shape index (κ3) is 6.35.